The zero-order chi connectivity index (χ0) is 27.1. The number of nitrogens with zero attached hydrogens (tertiary/aromatic N) is 4. The van der Waals surface area contributed by atoms with E-state index in [9.17, 15) is 9.59 Å². The van der Waals surface area contributed by atoms with Gasteiger partial charge in [0.1, 0.15) is 5.82 Å². The van der Waals surface area contributed by atoms with Crippen molar-refractivity contribution in [1.82, 2.24) is 14.9 Å². The number of anilines is 2. The molecule has 2 saturated heterocycles. The van der Waals surface area contributed by atoms with Crippen molar-refractivity contribution in [3.8, 4) is 0 Å². The van der Waals surface area contributed by atoms with Crippen molar-refractivity contribution in [2.75, 3.05) is 29.9 Å². The monoisotopic (exact) mass is 530 g/mol. The number of aromatic nitrogens is 2. The van der Waals surface area contributed by atoms with Gasteiger partial charge in [0, 0.05) is 36.8 Å². The maximum absolute atomic E-state index is 15.0. The summed E-state index contributed by atoms with van der Waals surface area (Å²) >= 11 is 0. The van der Waals surface area contributed by atoms with Crippen LogP contribution in [0.4, 0.5) is 15.8 Å². The average Bonchev–Trinajstić information content (AvgIpc) is 2.93. The van der Waals surface area contributed by atoms with Crippen LogP contribution in [-0.2, 0) is 4.79 Å². The lowest BCUT2D eigenvalue weighted by atomic mass is 9.76. The summed E-state index contributed by atoms with van der Waals surface area (Å²) < 4.78 is 15.0. The van der Waals surface area contributed by atoms with Crippen molar-refractivity contribution in [2.24, 2.45) is 11.7 Å². The van der Waals surface area contributed by atoms with Crippen LogP contribution in [0.15, 0.2) is 42.9 Å². The Morgan fingerprint density at radius 1 is 1.15 bits per heavy atom. The number of carbonyl (C=O) groups excluding carboxylic acids is 2. The minimum Gasteiger partial charge on any atom is -0.359 e. The van der Waals surface area contributed by atoms with Crippen molar-refractivity contribution in [3.05, 3.63) is 59.8 Å². The third-order valence-electron chi connectivity index (χ3n) is 8.62. The fraction of sp³-hybridized carbons (Fsp3) is 0.467. The Kier molecular flexibility index (Phi) is 6.93. The van der Waals surface area contributed by atoms with Gasteiger partial charge < -0.3 is 20.9 Å². The van der Waals surface area contributed by atoms with Gasteiger partial charge in [-0.1, -0.05) is 6.92 Å². The van der Waals surface area contributed by atoms with Gasteiger partial charge in [0.2, 0.25) is 5.91 Å². The van der Waals surface area contributed by atoms with E-state index in [1.54, 1.807) is 24.7 Å². The maximum Gasteiger partial charge on any atom is 0.257 e. The van der Waals surface area contributed by atoms with Crippen LogP contribution in [-0.4, -0.2) is 58.4 Å². The minimum atomic E-state index is -0.453. The summed E-state index contributed by atoms with van der Waals surface area (Å²) in [6.07, 6.45) is 11.0. The number of carbonyl (C=O) groups is 2. The number of amides is 2. The molecule has 3 fully saturated rings. The summed E-state index contributed by atoms with van der Waals surface area (Å²) in [5, 5.41) is 3.28. The summed E-state index contributed by atoms with van der Waals surface area (Å²) in [5.74, 6) is 0.0194. The van der Waals surface area contributed by atoms with Crippen LogP contribution in [0.1, 0.15) is 67.3 Å². The fourth-order valence-electron chi connectivity index (χ4n) is 6.79. The van der Waals surface area contributed by atoms with E-state index < -0.39 is 5.82 Å². The molecular weight excluding hydrogens is 495 g/mol. The van der Waals surface area contributed by atoms with Gasteiger partial charge in [0.25, 0.3) is 5.91 Å². The molecule has 6 rings (SSSR count). The molecule has 204 valence electrons. The Labute approximate surface area is 227 Å². The van der Waals surface area contributed by atoms with Crippen LogP contribution in [0.2, 0.25) is 0 Å². The van der Waals surface area contributed by atoms with Crippen molar-refractivity contribution in [3.63, 3.8) is 0 Å². The number of fused-ring (bicyclic) bond motifs is 2. The van der Waals surface area contributed by atoms with Crippen LogP contribution >= 0.6 is 0 Å². The summed E-state index contributed by atoms with van der Waals surface area (Å²) in [7, 11) is 0. The lowest BCUT2D eigenvalue weighted by molar-refractivity contribution is -0.135. The standard InChI is InChI=1S/C30H35FN6O2/c1-18-10-19(12-20(32)11-18)23-7-8-33-15-27(23)35-30(39)24-5-6-26(31)25-13-22(14-34-29(24)25)36-16-21-4-2-3-9-37(21)28(38)17-36/h5-8,13-15,18-21H,2-4,9-12,16-17,32H2,1H3,(H,35,39)/t18-,19+,20-,21?/m0/s1. The predicted octanol–water partition coefficient (Wildman–Crippen LogP) is 4.45. The van der Waals surface area contributed by atoms with E-state index in [0.29, 0.717) is 23.8 Å². The zero-order valence-corrected chi connectivity index (χ0v) is 22.3. The highest BCUT2D eigenvalue weighted by Gasteiger charge is 2.34. The number of benzene rings is 1. The van der Waals surface area contributed by atoms with E-state index in [2.05, 4.69) is 22.2 Å². The second-order valence-electron chi connectivity index (χ2n) is 11.5. The molecule has 3 aromatic rings. The first-order valence-corrected chi connectivity index (χ1v) is 14.0. The molecule has 4 atom stereocenters. The molecule has 3 N–H and O–H groups in total. The van der Waals surface area contributed by atoms with Crippen molar-refractivity contribution < 1.29 is 14.0 Å². The van der Waals surface area contributed by atoms with E-state index in [1.807, 2.05) is 15.9 Å². The van der Waals surface area contributed by atoms with Crippen molar-refractivity contribution >= 4 is 34.1 Å². The first-order chi connectivity index (χ1) is 18.9. The van der Waals surface area contributed by atoms with E-state index in [4.69, 9.17) is 5.73 Å². The zero-order valence-electron chi connectivity index (χ0n) is 22.3. The number of nitrogens with two attached hydrogens (primary N) is 1. The molecular formula is C30H35FN6O2. The Morgan fingerprint density at radius 3 is 2.87 bits per heavy atom. The summed E-state index contributed by atoms with van der Waals surface area (Å²) in [6.45, 7) is 3.97. The highest BCUT2D eigenvalue weighted by molar-refractivity contribution is 6.12. The Balaban J connectivity index is 1.27. The van der Waals surface area contributed by atoms with Crippen LogP contribution in [0.25, 0.3) is 10.9 Å². The van der Waals surface area contributed by atoms with Gasteiger partial charge in [-0.3, -0.25) is 19.6 Å². The number of hydrogen-bond donors (Lipinski definition) is 2. The second-order valence-corrected chi connectivity index (χ2v) is 11.5. The number of rotatable bonds is 4. The summed E-state index contributed by atoms with van der Waals surface area (Å²) in [6, 6.07) is 6.74. The summed E-state index contributed by atoms with van der Waals surface area (Å²) in [4.78, 5) is 39.0. The van der Waals surface area contributed by atoms with Gasteiger partial charge in [-0.25, -0.2) is 4.39 Å². The molecule has 1 aromatic carbocycles. The summed E-state index contributed by atoms with van der Waals surface area (Å²) in [5.41, 5.74) is 9.24. The molecule has 1 saturated carbocycles. The number of nitrogens with one attached hydrogen (secondary N) is 1. The SMILES string of the molecule is C[C@@H]1C[C@H](N)C[C@H](c2ccncc2NC(=O)c2ccc(F)c3cc(N4CC(=O)N5CCCCC5C4)cnc23)C1. The molecule has 39 heavy (non-hydrogen) atoms. The van der Waals surface area contributed by atoms with Gasteiger partial charge in [-0.15, -0.1) is 0 Å². The van der Waals surface area contributed by atoms with Gasteiger partial charge in [-0.2, -0.15) is 0 Å². The molecule has 0 radical (unpaired) electrons. The van der Waals surface area contributed by atoms with E-state index in [-0.39, 0.29) is 52.8 Å². The molecule has 3 aliphatic rings. The minimum absolute atomic E-state index is 0.0974. The Morgan fingerprint density at radius 2 is 2.03 bits per heavy atom. The van der Waals surface area contributed by atoms with Crippen LogP contribution in [0.5, 0.6) is 0 Å². The molecule has 1 unspecified atom stereocenters. The van der Waals surface area contributed by atoms with E-state index in [0.717, 1.165) is 50.6 Å². The van der Waals surface area contributed by atoms with Crippen LogP contribution < -0.4 is 16.0 Å². The predicted molar refractivity (Wildman–Crippen MR) is 149 cm³/mol. The number of pyridine rings is 2. The third-order valence-corrected chi connectivity index (χ3v) is 8.62. The normalized spacial score (nSPS) is 25.5. The van der Waals surface area contributed by atoms with E-state index >= 15 is 4.39 Å². The molecule has 2 amide bonds. The molecule has 2 aromatic heterocycles. The highest BCUT2D eigenvalue weighted by atomic mass is 19.1. The lowest BCUT2D eigenvalue weighted by Gasteiger charge is -2.44. The van der Waals surface area contributed by atoms with Crippen molar-refractivity contribution in [2.45, 2.75) is 63.5 Å². The molecule has 8 nitrogen and oxygen atoms in total. The van der Waals surface area contributed by atoms with Gasteiger partial charge in [0.15, 0.2) is 0 Å². The van der Waals surface area contributed by atoms with Crippen LogP contribution in [0, 0.1) is 11.7 Å². The maximum atomic E-state index is 15.0. The number of hydrogen-bond acceptors (Lipinski definition) is 6. The first-order valence-electron chi connectivity index (χ1n) is 14.0. The molecule has 0 spiro atoms. The van der Waals surface area contributed by atoms with Gasteiger partial charge >= 0.3 is 0 Å². The second kappa shape index (κ2) is 10.5. The topological polar surface area (TPSA) is 104 Å². The number of piperazine rings is 1. The smallest absolute Gasteiger partial charge is 0.257 e. The fourth-order valence-corrected chi connectivity index (χ4v) is 6.79. The Bertz CT molecular complexity index is 1400. The third kappa shape index (κ3) is 5.07. The van der Waals surface area contributed by atoms with E-state index in [1.165, 1.54) is 12.1 Å². The molecule has 1 aliphatic carbocycles. The molecule has 2 aliphatic heterocycles. The molecule has 0 bridgehead atoms. The van der Waals surface area contributed by atoms with Crippen LogP contribution in [0.3, 0.4) is 0 Å². The lowest BCUT2D eigenvalue weighted by Crippen LogP contribution is -2.58. The number of halogens is 1. The Hall–Kier alpha value is -3.59. The highest BCUT2D eigenvalue weighted by Crippen LogP contribution is 2.38. The average molecular weight is 531 g/mol. The first kappa shape index (κ1) is 25.7. The quantitative estimate of drug-likeness (QED) is 0.516. The number of piperidine rings is 1. The largest absolute Gasteiger partial charge is 0.359 e. The molecule has 4 heterocycles. The molecule has 9 heteroatoms. The van der Waals surface area contributed by atoms with Gasteiger partial charge in [0.05, 0.1) is 41.4 Å². The van der Waals surface area contributed by atoms with Gasteiger partial charge in [-0.05, 0) is 80.2 Å². The van der Waals surface area contributed by atoms with Crippen molar-refractivity contribution in [1.29, 1.82) is 0 Å².